The van der Waals surface area contributed by atoms with E-state index in [9.17, 15) is 14.9 Å². The van der Waals surface area contributed by atoms with E-state index in [0.717, 1.165) is 19.3 Å². The average molecular weight is 308 g/mol. The predicted octanol–water partition coefficient (Wildman–Crippen LogP) is 3.33. The van der Waals surface area contributed by atoms with Crippen molar-refractivity contribution >= 4 is 11.7 Å². The van der Waals surface area contributed by atoms with E-state index < -0.39 is 16.9 Å². The van der Waals surface area contributed by atoms with Crippen molar-refractivity contribution in [1.29, 1.82) is 0 Å². The number of carbonyl (C=O) groups is 1. The minimum Gasteiger partial charge on any atom is -0.459 e. The summed E-state index contributed by atoms with van der Waals surface area (Å²) in [5, 5.41) is 10.9. The van der Waals surface area contributed by atoms with Crippen LogP contribution in [0.5, 0.6) is 0 Å². The number of unbranched alkanes of at least 4 members (excludes halogenated alkanes) is 4. The molecule has 0 aliphatic rings. The second-order valence-corrected chi connectivity index (χ2v) is 5.30. The maximum absolute atomic E-state index is 11.8. The number of carbonyl (C=O) groups excluding carboxylic acids is 1. The lowest BCUT2D eigenvalue weighted by molar-refractivity contribution is -0.385. The fraction of sp³-hybridized carbons (Fsp3) is 0.562. The lowest BCUT2D eigenvalue weighted by Crippen LogP contribution is -2.32. The van der Waals surface area contributed by atoms with Crippen LogP contribution in [0.2, 0.25) is 0 Å². The number of ether oxygens (including phenoxy) is 1. The van der Waals surface area contributed by atoms with E-state index >= 15 is 0 Å². The standard InChI is InChI=1S/C16H24N2O4/c1-2-3-4-5-6-10-14(17)16(19)22-12-13-9-7-8-11-15(13)18(20)21/h7-9,11,14H,2-6,10,12,17H2,1H3. The Kier molecular flexibility index (Phi) is 8.14. The van der Waals surface area contributed by atoms with Gasteiger partial charge in [0.25, 0.3) is 5.69 Å². The Morgan fingerprint density at radius 1 is 1.27 bits per heavy atom. The summed E-state index contributed by atoms with van der Waals surface area (Å²) in [6.07, 6.45) is 6.04. The van der Waals surface area contributed by atoms with Gasteiger partial charge in [-0.05, 0) is 12.5 Å². The van der Waals surface area contributed by atoms with Crippen LogP contribution in [0.1, 0.15) is 51.0 Å². The van der Waals surface area contributed by atoms with E-state index in [2.05, 4.69) is 6.92 Å². The highest BCUT2D eigenvalue weighted by Gasteiger charge is 2.18. The molecule has 0 aliphatic heterocycles. The SMILES string of the molecule is CCCCCCCC(N)C(=O)OCc1ccccc1[N+](=O)[O-]. The van der Waals surface area contributed by atoms with Crippen LogP contribution in [0, 0.1) is 10.1 Å². The van der Waals surface area contributed by atoms with Gasteiger partial charge in [-0.3, -0.25) is 14.9 Å². The lowest BCUT2D eigenvalue weighted by Gasteiger charge is -2.11. The second kappa shape index (κ2) is 9.89. The van der Waals surface area contributed by atoms with Crippen molar-refractivity contribution in [2.24, 2.45) is 5.73 Å². The Hall–Kier alpha value is -1.95. The molecule has 0 bridgehead atoms. The molecule has 1 atom stereocenters. The third-order valence-electron chi connectivity index (χ3n) is 3.48. The van der Waals surface area contributed by atoms with Gasteiger partial charge in [-0.25, -0.2) is 0 Å². The molecular formula is C16H24N2O4. The monoisotopic (exact) mass is 308 g/mol. The molecule has 0 aliphatic carbocycles. The lowest BCUT2D eigenvalue weighted by atomic mass is 10.1. The number of para-hydroxylation sites is 1. The number of rotatable bonds is 10. The third-order valence-corrected chi connectivity index (χ3v) is 3.48. The molecule has 0 saturated carbocycles. The molecule has 0 aromatic heterocycles. The summed E-state index contributed by atoms with van der Waals surface area (Å²) in [5.74, 6) is -0.506. The molecule has 1 aromatic carbocycles. The summed E-state index contributed by atoms with van der Waals surface area (Å²) in [6, 6.07) is 5.54. The highest BCUT2D eigenvalue weighted by molar-refractivity contribution is 5.75. The Bertz CT molecular complexity index is 491. The summed E-state index contributed by atoms with van der Waals surface area (Å²) in [5.41, 5.74) is 6.10. The molecule has 1 rings (SSSR count). The number of nitrogens with zero attached hydrogens (tertiary/aromatic N) is 1. The maximum atomic E-state index is 11.8. The van der Waals surface area contributed by atoms with E-state index in [-0.39, 0.29) is 12.3 Å². The first kappa shape index (κ1) is 18.1. The number of hydrogen-bond acceptors (Lipinski definition) is 5. The van der Waals surface area contributed by atoms with Crippen LogP contribution in [0.25, 0.3) is 0 Å². The molecule has 0 saturated heterocycles. The van der Waals surface area contributed by atoms with E-state index in [1.807, 2.05) is 0 Å². The topological polar surface area (TPSA) is 95.5 Å². The van der Waals surface area contributed by atoms with Gasteiger partial charge >= 0.3 is 5.97 Å². The number of hydrogen-bond donors (Lipinski definition) is 1. The Labute approximate surface area is 130 Å². The molecule has 0 amide bonds. The molecule has 22 heavy (non-hydrogen) atoms. The minimum absolute atomic E-state index is 0.0524. The Morgan fingerprint density at radius 3 is 2.64 bits per heavy atom. The van der Waals surface area contributed by atoms with Crippen LogP contribution in [-0.2, 0) is 16.1 Å². The van der Waals surface area contributed by atoms with Gasteiger partial charge in [0.2, 0.25) is 0 Å². The van der Waals surface area contributed by atoms with Gasteiger partial charge in [0, 0.05) is 6.07 Å². The molecular weight excluding hydrogens is 284 g/mol. The zero-order chi connectivity index (χ0) is 16.4. The molecule has 0 radical (unpaired) electrons. The quantitative estimate of drug-likeness (QED) is 0.309. The van der Waals surface area contributed by atoms with E-state index in [1.54, 1.807) is 18.2 Å². The fourth-order valence-electron chi connectivity index (χ4n) is 2.15. The normalized spacial score (nSPS) is 11.9. The van der Waals surface area contributed by atoms with Gasteiger partial charge in [-0.2, -0.15) is 0 Å². The average Bonchev–Trinajstić information content (AvgIpc) is 2.52. The number of nitrogens with two attached hydrogens (primary N) is 1. The molecule has 122 valence electrons. The van der Waals surface area contributed by atoms with Crippen LogP contribution in [0.3, 0.4) is 0 Å². The summed E-state index contributed by atoms with van der Waals surface area (Å²) in [6.45, 7) is 2.02. The molecule has 0 fully saturated rings. The van der Waals surface area contributed by atoms with Gasteiger partial charge in [-0.15, -0.1) is 0 Å². The Morgan fingerprint density at radius 2 is 1.95 bits per heavy atom. The molecule has 6 nitrogen and oxygen atoms in total. The highest BCUT2D eigenvalue weighted by atomic mass is 16.6. The number of esters is 1. The maximum Gasteiger partial charge on any atom is 0.323 e. The first-order valence-electron chi connectivity index (χ1n) is 7.70. The predicted molar refractivity (Wildman–Crippen MR) is 84.2 cm³/mol. The van der Waals surface area contributed by atoms with Crippen molar-refractivity contribution in [2.75, 3.05) is 0 Å². The van der Waals surface area contributed by atoms with Gasteiger partial charge < -0.3 is 10.5 Å². The first-order chi connectivity index (χ1) is 10.6. The van der Waals surface area contributed by atoms with Crippen molar-refractivity contribution in [1.82, 2.24) is 0 Å². The third kappa shape index (κ3) is 6.22. The summed E-state index contributed by atoms with van der Waals surface area (Å²) >= 11 is 0. The van der Waals surface area contributed by atoms with E-state index in [1.165, 1.54) is 18.9 Å². The Balaban J connectivity index is 2.37. The number of nitro benzene ring substituents is 1. The summed E-state index contributed by atoms with van der Waals surface area (Å²) in [7, 11) is 0. The van der Waals surface area contributed by atoms with Crippen LogP contribution < -0.4 is 5.73 Å². The van der Waals surface area contributed by atoms with Crippen molar-refractivity contribution < 1.29 is 14.5 Å². The second-order valence-electron chi connectivity index (χ2n) is 5.30. The van der Waals surface area contributed by atoms with Gasteiger partial charge in [0.1, 0.15) is 12.6 Å². The zero-order valence-corrected chi connectivity index (χ0v) is 13.0. The molecule has 0 spiro atoms. The first-order valence-corrected chi connectivity index (χ1v) is 7.70. The van der Waals surface area contributed by atoms with Crippen molar-refractivity contribution in [3.63, 3.8) is 0 Å². The van der Waals surface area contributed by atoms with Crippen molar-refractivity contribution in [3.8, 4) is 0 Å². The molecule has 2 N–H and O–H groups in total. The largest absolute Gasteiger partial charge is 0.459 e. The van der Waals surface area contributed by atoms with Crippen LogP contribution in [-0.4, -0.2) is 16.9 Å². The van der Waals surface area contributed by atoms with Crippen LogP contribution in [0.15, 0.2) is 24.3 Å². The van der Waals surface area contributed by atoms with Crippen molar-refractivity contribution in [3.05, 3.63) is 39.9 Å². The number of benzene rings is 1. The van der Waals surface area contributed by atoms with E-state index in [4.69, 9.17) is 10.5 Å². The molecule has 0 heterocycles. The van der Waals surface area contributed by atoms with Crippen molar-refractivity contribution in [2.45, 2.75) is 58.1 Å². The summed E-state index contributed by atoms with van der Waals surface area (Å²) in [4.78, 5) is 22.2. The minimum atomic E-state index is -0.663. The van der Waals surface area contributed by atoms with Crippen LogP contribution in [0.4, 0.5) is 5.69 Å². The summed E-state index contributed by atoms with van der Waals surface area (Å²) < 4.78 is 5.09. The smallest absolute Gasteiger partial charge is 0.323 e. The van der Waals surface area contributed by atoms with Gasteiger partial charge in [0.05, 0.1) is 10.5 Å². The number of nitro groups is 1. The molecule has 1 aromatic rings. The zero-order valence-electron chi connectivity index (χ0n) is 13.0. The highest BCUT2D eigenvalue weighted by Crippen LogP contribution is 2.18. The van der Waals surface area contributed by atoms with Crippen LogP contribution >= 0.6 is 0 Å². The van der Waals surface area contributed by atoms with E-state index in [0.29, 0.717) is 12.0 Å². The molecule has 6 heteroatoms. The van der Waals surface area contributed by atoms with Gasteiger partial charge in [0.15, 0.2) is 0 Å². The fourth-order valence-corrected chi connectivity index (χ4v) is 2.15. The van der Waals surface area contributed by atoms with Gasteiger partial charge in [-0.1, -0.05) is 51.2 Å². The molecule has 1 unspecified atom stereocenters.